The molecule has 33 heavy (non-hydrogen) atoms. The first-order valence-electron chi connectivity index (χ1n) is 10.3. The molecule has 3 aromatic rings. The molecule has 0 spiro atoms. The number of esters is 1. The highest BCUT2D eigenvalue weighted by Crippen LogP contribution is 2.31. The van der Waals surface area contributed by atoms with Gasteiger partial charge in [-0.15, -0.1) is 0 Å². The monoisotopic (exact) mass is 445 g/mol. The normalized spacial score (nSPS) is 17.7. The van der Waals surface area contributed by atoms with Gasteiger partial charge < -0.3 is 15.4 Å². The predicted molar refractivity (Wildman–Crippen MR) is 123 cm³/mol. The van der Waals surface area contributed by atoms with Gasteiger partial charge in [0.15, 0.2) is 0 Å². The van der Waals surface area contributed by atoms with Crippen molar-refractivity contribution in [2.75, 3.05) is 19.0 Å². The Hall–Kier alpha value is -4.20. The standard InChI is InChI=1S/C25H23N3O5/c1-15-8-9-18(22(30)33-3)13-20(15)26-21(29)14-28-23(31)25(2,27-24(28)32)19-11-10-16-6-4-5-7-17(16)12-19/h4-13H,14H2,1-3H3,(H,26,29)(H,27,32). The Labute approximate surface area is 190 Å². The average Bonchev–Trinajstić information content (AvgIpc) is 3.03. The lowest BCUT2D eigenvalue weighted by atomic mass is 9.90. The molecule has 1 heterocycles. The maximum atomic E-state index is 13.2. The van der Waals surface area contributed by atoms with Gasteiger partial charge in [-0.25, -0.2) is 9.59 Å². The van der Waals surface area contributed by atoms with Crippen molar-refractivity contribution in [3.05, 3.63) is 77.4 Å². The van der Waals surface area contributed by atoms with Gasteiger partial charge in [-0.3, -0.25) is 14.5 Å². The van der Waals surface area contributed by atoms with Crippen molar-refractivity contribution < 1.29 is 23.9 Å². The van der Waals surface area contributed by atoms with E-state index in [1.165, 1.54) is 13.2 Å². The molecule has 168 valence electrons. The first-order valence-corrected chi connectivity index (χ1v) is 10.3. The van der Waals surface area contributed by atoms with Crippen molar-refractivity contribution in [1.29, 1.82) is 0 Å². The van der Waals surface area contributed by atoms with E-state index in [0.29, 0.717) is 16.8 Å². The first kappa shape index (κ1) is 22.0. The lowest BCUT2D eigenvalue weighted by Crippen LogP contribution is -2.42. The fourth-order valence-corrected chi connectivity index (χ4v) is 3.87. The van der Waals surface area contributed by atoms with E-state index in [-0.39, 0.29) is 5.56 Å². The van der Waals surface area contributed by atoms with Gasteiger partial charge in [-0.2, -0.15) is 0 Å². The minimum absolute atomic E-state index is 0.275. The van der Waals surface area contributed by atoms with Crippen LogP contribution in [0, 0.1) is 6.92 Å². The summed E-state index contributed by atoms with van der Waals surface area (Å²) < 4.78 is 4.71. The van der Waals surface area contributed by atoms with Gasteiger partial charge >= 0.3 is 12.0 Å². The number of rotatable bonds is 5. The highest BCUT2D eigenvalue weighted by Gasteiger charge is 2.49. The number of amides is 4. The van der Waals surface area contributed by atoms with Crippen LogP contribution in [0.5, 0.6) is 0 Å². The largest absolute Gasteiger partial charge is 0.465 e. The number of hydrogen-bond donors (Lipinski definition) is 2. The lowest BCUT2D eigenvalue weighted by Gasteiger charge is -2.22. The van der Waals surface area contributed by atoms with Gasteiger partial charge in [0.05, 0.1) is 12.7 Å². The van der Waals surface area contributed by atoms with Crippen molar-refractivity contribution in [2.45, 2.75) is 19.4 Å². The Morgan fingerprint density at radius 2 is 1.76 bits per heavy atom. The number of aryl methyl sites for hydroxylation is 1. The molecule has 0 saturated carbocycles. The molecule has 0 aromatic heterocycles. The molecule has 0 bridgehead atoms. The summed E-state index contributed by atoms with van der Waals surface area (Å²) in [5, 5.41) is 7.34. The maximum Gasteiger partial charge on any atom is 0.337 e. The Balaban J connectivity index is 1.53. The quantitative estimate of drug-likeness (QED) is 0.463. The van der Waals surface area contributed by atoms with E-state index >= 15 is 0 Å². The fraction of sp³-hybridized carbons (Fsp3) is 0.200. The minimum Gasteiger partial charge on any atom is -0.465 e. The molecule has 1 atom stereocenters. The molecule has 1 saturated heterocycles. The highest BCUT2D eigenvalue weighted by atomic mass is 16.5. The summed E-state index contributed by atoms with van der Waals surface area (Å²) in [6.07, 6.45) is 0. The van der Waals surface area contributed by atoms with Crippen LogP contribution < -0.4 is 10.6 Å². The average molecular weight is 445 g/mol. The molecule has 1 fully saturated rings. The van der Waals surface area contributed by atoms with Crippen molar-refractivity contribution >= 4 is 40.3 Å². The van der Waals surface area contributed by atoms with Crippen LogP contribution in [0.3, 0.4) is 0 Å². The maximum absolute atomic E-state index is 13.2. The number of ether oxygens (including phenoxy) is 1. The van der Waals surface area contributed by atoms with E-state index in [9.17, 15) is 19.2 Å². The number of nitrogens with one attached hydrogen (secondary N) is 2. The fourth-order valence-electron chi connectivity index (χ4n) is 3.87. The highest BCUT2D eigenvalue weighted by molar-refractivity contribution is 6.10. The number of urea groups is 1. The third-order valence-electron chi connectivity index (χ3n) is 5.84. The number of carbonyl (C=O) groups excluding carboxylic acids is 4. The molecular formula is C25H23N3O5. The Bertz CT molecular complexity index is 1300. The van der Waals surface area contributed by atoms with E-state index in [0.717, 1.165) is 15.7 Å². The second-order valence-corrected chi connectivity index (χ2v) is 8.08. The van der Waals surface area contributed by atoms with E-state index in [2.05, 4.69) is 10.6 Å². The smallest absolute Gasteiger partial charge is 0.337 e. The Morgan fingerprint density at radius 3 is 2.48 bits per heavy atom. The second kappa shape index (κ2) is 8.38. The Morgan fingerprint density at radius 1 is 1.03 bits per heavy atom. The molecule has 2 N–H and O–H groups in total. The molecule has 1 unspecified atom stereocenters. The van der Waals surface area contributed by atoms with Gasteiger partial charge in [0, 0.05) is 5.69 Å². The van der Waals surface area contributed by atoms with Crippen LogP contribution in [0.2, 0.25) is 0 Å². The molecule has 0 radical (unpaired) electrons. The second-order valence-electron chi connectivity index (χ2n) is 8.08. The zero-order chi connectivity index (χ0) is 23.8. The third-order valence-corrected chi connectivity index (χ3v) is 5.84. The number of benzene rings is 3. The van der Waals surface area contributed by atoms with E-state index in [1.54, 1.807) is 32.0 Å². The molecule has 8 nitrogen and oxygen atoms in total. The number of methoxy groups -OCH3 is 1. The summed E-state index contributed by atoms with van der Waals surface area (Å²) in [5.74, 6) is -1.62. The van der Waals surface area contributed by atoms with E-state index < -0.39 is 35.9 Å². The van der Waals surface area contributed by atoms with Crippen molar-refractivity contribution in [1.82, 2.24) is 10.2 Å². The summed E-state index contributed by atoms with van der Waals surface area (Å²) in [6, 6.07) is 17.4. The van der Waals surface area contributed by atoms with Gasteiger partial charge in [0.1, 0.15) is 12.1 Å². The first-order chi connectivity index (χ1) is 15.7. The topological polar surface area (TPSA) is 105 Å². The summed E-state index contributed by atoms with van der Waals surface area (Å²) in [7, 11) is 1.27. The molecule has 1 aliphatic heterocycles. The zero-order valence-corrected chi connectivity index (χ0v) is 18.5. The molecule has 4 rings (SSSR count). The number of hydrogen-bond acceptors (Lipinski definition) is 5. The number of carbonyl (C=O) groups is 4. The SMILES string of the molecule is COC(=O)c1ccc(C)c(NC(=O)CN2C(=O)NC(C)(c3ccc4ccccc4c3)C2=O)c1. The Kier molecular flexibility index (Phi) is 5.59. The van der Waals surface area contributed by atoms with E-state index in [1.807, 2.05) is 36.4 Å². The van der Waals surface area contributed by atoms with Crippen LogP contribution in [-0.2, 0) is 19.9 Å². The predicted octanol–water partition coefficient (Wildman–Crippen LogP) is 3.34. The van der Waals surface area contributed by atoms with Crippen LogP contribution in [0.4, 0.5) is 10.5 Å². The van der Waals surface area contributed by atoms with Crippen LogP contribution in [0.1, 0.15) is 28.4 Å². The summed E-state index contributed by atoms with van der Waals surface area (Å²) in [6.45, 7) is 2.93. The van der Waals surface area contributed by atoms with Crippen molar-refractivity contribution in [2.24, 2.45) is 0 Å². The van der Waals surface area contributed by atoms with Gasteiger partial charge in [0.25, 0.3) is 5.91 Å². The molecule has 3 aromatic carbocycles. The molecule has 1 aliphatic rings. The molecular weight excluding hydrogens is 422 g/mol. The van der Waals surface area contributed by atoms with Gasteiger partial charge in [0.2, 0.25) is 5.91 Å². The third kappa shape index (κ3) is 4.03. The molecule has 0 aliphatic carbocycles. The van der Waals surface area contributed by atoms with E-state index in [4.69, 9.17) is 4.74 Å². The van der Waals surface area contributed by atoms with Gasteiger partial charge in [-0.05, 0) is 53.9 Å². The number of fused-ring (bicyclic) bond motifs is 1. The van der Waals surface area contributed by atoms with Crippen LogP contribution >= 0.6 is 0 Å². The van der Waals surface area contributed by atoms with Crippen LogP contribution in [-0.4, -0.2) is 42.4 Å². The summed E-state index contributed by atoms with van der Waals surface area (Å²) in [5.41, 5.74) is 0.727. The minimum atomic E-state index is -1.29. The van der Waals surface area contributed by atoms with Crippen molar-refractivity contribution in [3.8, 4) is 0 Å². The van der Waals surface area contributed by atoms with Crippen LogP contribution in [0.25, 0.3) is 10.8 Å². The zero-order valence-electron chi connectivity index (χ0n) is 18.5. The van der Waals surface area contributed by atoms with Crippen LogP contribution in [0.15, 0.2) is 60.7 Å². The summed E-state index contributed by atoms with van der Waals surface area (Å²) in [4.78, 5) is 51.2. The lowest BCUT2D eigenvalue weighted by molar-refractivity contribution is -0.133. The number of imide groups is 1. The van der Waals surface area contributed by atoms with Crippen molar-refractivity contribution in [3.63, 3.8) is 0 Å². The molecule has 4 amide bonds. The number of nitrogens with zero attached hydrogens (tertiary/aromatic N) is 1. The number of anilines is 1. The molecule has 8 heteroatoms. The van der Waals surface area contributed by atoms with Gasteiger partial charge in [-0.1, -0.05) is 42.5 Å². The summed E-state index contributed by atoms with van der Waals surface area (Å²) >= 11 is 0.